The number of aliphatic hydroxyl groups is 1. The third-order valence-electron chi connectivity index (χ3n) is 6.55. The summed E-state index contributed by atoms with van der Waals surface area (Å²) in [5.41, 5.74) is -0.688. The van der Waals surface area contributed by atoms with Gasteiger partial charge in [-0.1, -0.05) is 45.0 Å². The molecule has 218 valence electrons. The number of carbonyl (C=O) groups is 3. The normalized spacial score (nSPS) is 19.1. The van der Waals surface area contributed by atoms with Crippen LogP contribution in [0.25, 0.3) is 11.1 Å². The van der Waals surface area contributed by atoms with E-state index in [9.17, 15) is 28.3 Å². The zero-order valence-corrected chi connectivity index (χ0v) is 23.9. The number of hydrogen-bond acceptors (Lipinski definition) is 6. The van der Waals surface area contributed by atoms with Crippen LogP contribution in [-0.2, 0) is 14.3 Å². The third kappa shape index (κ3) is 7.53. The van der Waals surface area contributed by atoms with Crippen LogP contribution in [0.15, 0.2) is 36.7 Å². The number of hydrogen-bond donors (Lipinski definition) is 3. The highest BCUT2D eigenvalue weighted by Gasteiger charge is 2.45. The molecule has 0 aliphatic carbocycles. The summed E-state index contributed by atoms with van der Waals surface area (Å²) in [6.07, 6.45) is 0.233. The van der Waals surface area contributed by atoms with Gasteiger partial charge in [0.15, 0.2) is 11.6 Å². The van der Waals surface area contributed by atoms with Crippen molar-refractivity contribution in [3.05, 3.63) is 53.9 Å². The summed E-state index contributed by atoms with van der Waals surface area (Å²) in [6.45, 7) is 12.1. The molecule has 11 heteroatoms. The summed E-state index contributed by atoms with van der Waals surface area (Å²) in [5.74, 6) is -2.55. The van der Waals surface area contributed by atoms with Crippen molar-refractivity contribution < 1.29 is 33.0 Å². The summed E-state index contributed by atoms with van der Waals surface area (Å²) in [5, 5.41) is 15.9. The Morgan fingerprint density at radius 3 is 2.12 bits per heavy atom. The molecule has 0 saturated carbocycles. The second-order valence-corrected chi connectivity index (χ2v) is 12.2. The van der Waals surface area contributed by atoms with E-state index in [0.717, 1.165) is 12.4 Å². The van der Waals surface area contributed by atoms with Crippen LogP contribution in [0.5, 0.6) is 0 Å². The second-order valence-electron chi connectivity index (χ2n) is 12.2. The van der Waals surface area contributed by atoms with Gasteiger partial charge in [0.2, 0.25) is 11.8 Å². The number of β-amino-alcohol motifs (C(OH)–C–C–N with tert-alkyl or cyclic N) is 1. The van der Waals surface area contributed by atoms with Crippen LogP contribution >= 0.6 is 0 Å². The number of likely N-dealkylation sites (tertiary alicyclic amines) is 1. The number of ether oxygens (including phenoxy) is 1. The van der Waals surface area contributed by atoms with Gasteiger partial charge in [0.1, 0.15) is 17.7 Å². The molecule has 1 fully saturated rings. The Balaban J connectivity index is 1.74. The van der Waals surface area contributed by atoms with Gasteiger partial charge in [-0.05, 0) is 44.2 Å². The zero-order chi connectivity index (χ0) is 30.0. The van der Waals surface area contributed by atoms with Crippen molar-refractivity contribution in [3.8, 4) is 11.1 Å². The van der Waals surface area contributed by atoms with Crippen LogP contribution in [-0.4, -0.2) is 63.2 Å². The minimum atomic E-state index is -1.01. The Bertz CT molecular complexity index is 1220. The number of nitrogens with one attached hydrogen (secondary N) is 2. The van der Waals surface area contributed by atoms with Crippen molar-refractivity contribution in [2.24, 2.45) is 5.41 Å². The molecule has 40 heavy (non-hydrogen) atoms. The largest absolute Gasteiger partial charge is 0.444 e. The molecule has 1 aromatic carbocycles. The number of rotatable bonds is 6. The molecule has 0 radical (unpaired) electrons. The first-order valence-corrected chi connectivity index (χ1v) is 13.2. The standard InChI is InChI=1S/C29H38F2N4O5/c1-16(17-8-10-18(11-9-17)23-20(30)13-32-14-21(23)31)33-25(37)22-12-19(36)15-35(22)26(38)24(28(2,3)4)34-27(39)40-29(5,6)7/h8-11,13-14,16,19,22,24,36H,12,15H2,1-7H3,(H,33,37)(H,34,39)/t16-,19+,22-,24+/m0/s1. The highest BCUT2D eigenvalue weighted by molar-refractivity contribution is 5.92. The lowest BCUT2D eigenvalue weighted by Gasteiger charge is -2.35. The molecule has 3 rings (SSSR count). The van der Waals surface area contributed by atoms with Crippen molar-refractivity contribution in [2.75, 3.05) is 6.54 Å². The molecule has 3 N–H and O–H groups in total. The fourth-order valence-electron chi connectivity index (χ4n) is 4.56. The molecule has 0 unspecified atom stereocenters. The summed E-state index contributed by atoms with van der Waals surface area (Å²) in [7, 11) is 0. The molecule has 1 aliphatic heterocycles. The summed E-state index contributed by atoms with van der Waals surface area (Å²) in [4.78, 5) is 44.2. The maximum atomic E-state index is 14.1. The molecule has 4 atom stereocenters. The number of alkyl carbamates (subject to hydrolysis) is 1. The average molecular weight is 561 g/mol. The molecule has 2 heterocycles. The third-order valence-corrected chi connectivity index (χ3v) is 6.55. The van der Waals surface area contributed by atoms with Crippen molar-refractivity contribution in [3.63, 3.8) is 0 Å². The number of carbonyl (C=O) groups excluding carboxylic acids is 3. The fourth-order valence-corrected chi connectivity index (χ4v) is 4.56. The van der Waals surface area contributed by atoms with Gasteiger partial charge in [0.25, 0.3) is 0 Å². The average Bonchev–Trinajstić information content (AvgIpc) is 3.22. The second kappa shape index (κ2) is 11.9. The van der Waals surface area contributed by atoms with Crippen molar-refractivity contribution in [1.82, 2.24) is 20.5 Å². The molecule has 9 nitrogen and oxygen atoms in total. The van der Waals surface area contributed by atoms with Gasteiger partial charge >= 0.3 is 6.09 Å². The van der Waals surface area contributed by atoms with E-state index in [1.807, 2.05) is 0 Å². The van der Waals surface area contributed by atoms with E-state index in [0.29, 0.717) is 11.1 Å². The van der Waals surface area contributed by atoms with Gasteiger partial charge in [-0.3, -0.25) is 14.6 Å². The van der Waals surface area contributed by atoms with Crippen LogP contribution in [0.3, 0.4) is 0 Å². The molecule has 1 aliphatic rings. The zero-order valence-electron chi connectivity index (χ0n) is 23.9. The van der Waals surface area contributed by atoms with E-state index < -0.39 is 64.8 Å². The summed E-state index contributed by atoms with van der Waals surface area (Å²) in [6, 6.07) is 3.90. The highest BCUT2D eigenvalue weighted by atomic mass is 19.1. The minimum absolute atomic E-state index is 0.0348. The summed E-state index contributed by atoms with van der Waals surface area (Å²) >= 11 is 0. The Morgan fingerprint density at radius 2 is 1.60 bits per heavy atom. The van der Waals surface area contributed by atoms with Gasteiger partial charge < -0.3 is 25.4 Å². The summed E-state index contributed by atoms with van der Waals surface area (Å²) < 4.78 is 33.5. The van der Waals surface area contributed by atoms with E-state index in [2.05, 4.69) is 15.6 Å². The van der Waals surface area contributed by atoms with Gasteiger partial charge in [-0.2, -0.15) is 0 Å². The molecule has 0 bridgehead atoms. The molecule has 0 spiro atoms. The van der Waals surface area contributed by atoms with E-state index in [4.69, 9.17) is 4.74 Å². The van der Waals surface area contributed by atoms with E-state index in [-0.39, 0.29) is 18.5 Å². The topological polar surface area (TPSA) is 121 Å². The minimum Gasteiger partial charge on any atom is -0.444 e. The van der Waals surface area contributed by atoms with E-state index >= 15 is 0 Å². The van der Waals surface area contributed by atoms with E-state index in [1.165, 1.54) is 4.90 Å². The molecular formula is C29H38F2N4O5. The SMILES string of the molecule is C[C@H](NC(=O)[C@@H]1C[C@@H](O)CN1C(=O)[C@@H](NC(=O)OC(C)(C)C)C(C)(C)C)c1ccc(-c2c(F)cncc2F)cc1. The predicted octanol–water partition coefficient (Wildman–Crippen LogP) is 4.11. The van der Waals surface area contributed by atoms with Gasteiger partial charge in [0.05, 0.1) is 30.1 Å². The highest BCUT2D eigenvalue weighted by Crippen LogP contribution is 2.29. The van der Waals surface area contributed by atoms with Crippen LogP contribution in [0, 0.1) is 17.0 Å². The monoisotopic (exact) mass is 560 g/mol. The number of aliphatic hydroxyl groups excluding tert-OH is 1. The van der Waals surface area contributed by atoms with Crippen LogP contribution in [0.4, 0.5) is 13.6 Å². The van der Waals surface area contributed by atoms with E-state index in [1.54, 1.807) is 72.7 Å². The lowest BCUT2D eigenvalue weighted by atomic mass is 9.85. The Morgan fingerprint density at radius 1 is 1.02 bits per heavy atom. The Hall–Kier alpha value is -3.60. The molecule has 2 aromatic rings. The first-order valence-electron chi connectivity index (χ1n) is 13.2. The number of amides is 3. The Labute approximate surface area is 233 Å². The molecule has 1 aromatic heterocycles. The number of halogens is 2. The maximum absolute atomic E-state index is 14.1. The molecular weight excluding hydrogens is 522 g/mol. The van der Waals surface area contributed by atoms with Gasteiger partial charge in [0, 0.05) is 13.0 Å². The lowest BCUT2D eigenvalue weighted by molar-refractivity contribution is -0.142. The van der Waals surface area contributed by atoms with Crippen LogP contribution in [0.1, 0.15) is 66.5 Å². The first-order chi connectivity index (χ1) is 18.5. The lowest BCUT2D eigenvalue weighted by Crippen LogP contribution is -2.58. The fraction of sp³-hybridized carbons (Fsp3) is 0.517. The van der Waals surface area contributed by atoms with Crippen molar-refractivity contribution in [1.29, 1.82) is 0 Å². The maximum Gasteiger partial charge on any atom is 0.408 e. The predicted molar refractivity (Wildman–Crippen MR) is 145 cm³/mol. The van der Waals surface area contributed by atoms with Gasteiger partial charge in [-0.15, -0.1) is 0 Å². The van der Waals surface area contributed by atoms with Crippen LogP contribution < -0.4 is 10.6 Å². The van der Waals surface area contributed by atoms with Gasteiger partial charge in [-0.25, -0.2) is 13.6 Å². The number of aromatic nitrogens is 1. The van der Waals surface area contributed by atoms with Crippen LogP contribution in [0.2, 0.25) is 0 Å². The smallest absolute Gasteiger partial charge is 0.408 e. The first kappa shape index (κ1) is 30.9. The molecule has 3 amide bonds. The molecule has 1 saturated heterocycles. The number of nitrogens with zero attached hydrogens (tertiary/aromatic N) is 2. The quantitative estimate of drug-likeness (QED) is 0.489. The Kier molecular flexibility index (Phi) is 9.18. The van der Waals surface area contributed by atoms with Crippen molar-refractivity contribution in [2.45, 2.75) is 84.7 Å². The van der Waals surface area contributed by atoms with Crippen molar-refractivity contribution >= 4 is 17.9 Å². The number of pyridine rings is 1. The number of benzene rings is 1.